The van der Waals surface area contributed by atoms with Crippen molar-refractivity contribution < 1.29 is 4.74 Å². The minimum atomic E-state index is -0.506. The van der Waals surface area contributed by atoms with Crippen molar-refractivity contribution in [3.05, 3.63) is 16.0 Å². The predicted octanol–water partition coefficient (Wildman–Crippen LogP) is 2.66. The molecular weight excluding hydrogens is 270 g/mol. The Balaban J connectivity index is 3.20. The van der Waals surface area contributed by atoms with Gasteiger partial charge in [-0.05, 0) is 43.1 Å². The number of halogens is 1. The van der Waals surface area contributed by atoms with Gasteiger partial charge in [0.2, 0.25) is 0 Å². The molecule has 0 saturated carbocycles. The molecule has 0 fully saturated rings. The smallest absolute Gasteiger partial charge is 0.162 e. The van der Waals surface area contributed by atoms with Gasteiger partial charge in [-0.3, -0.25) is 0 Å². The van der Waals surface area contributed by atoms with Gasteiger partial charge in [-0.2, -0.15) is 0 Å². The number of nitrogen functional groups attached to an aromatic ring is 1. The van der Waals surface area contributed by atoms with Crippen molar-refractivity contribution in [3.63, 3.8) is 0 Å². The SMILES string of the molecule is CCOC(C)(C)c1nc(N)c(Br)c(CC)n1. The molecule has 0 spiro atoms. The Labute approximate surface area is 105 Å². The number of hydrogen-bond acceptors (Lipinski definition) is 4. The highest BCUT2D eigenvalue weighted by atomic mass is 79.9. The van der Waals surface area contributed by atoms with Gasteiger partial charge in [0.15, 0.2) is 5.82 Å². The summed E-state index contributed by atoms with van der Waals surface area (Å²) in [5.74, 6) is 1.10. The first kappa shape index (κ1) is 13.4. The lowest BCUT2D eigenvalue weighted by Gasteiger charge is -2.24. The largest absolute Gasteiger partial charge is 0.383 e. The average molecular weight is 288 g/mol. The molecule has 0 aromatic carbocycles. The summed E-state index contributed by atoms with van der Waals surface area (Å²) in [6, 6.07) is 0. The minimum absolute atomic E-state index is 0.467. The number of nitrogens with zero attached hydrogens (tertiary/aromatic N) is 2. The van der Waals surface area contributed by atoms with Crippen molar-refractivity contribution in [2.45, 2.75) is 39.7 Å². The molecule has 2 N–H and O–H groups in total. The number of anilines is 1. The van der Waals surface area contributed by atoms with E-state index in [-0.39, 0.29) is 0 Å². The van der Waals surface area contributed by atoms with Gasteiger partial charge in [-0.25, -0.2) is 9.97 Å². The monoisotopic (exact) mass is 287 g/mol. The highest BCUT2D eigenvalue weighted by Crippen LogP contribution is 2.27. The van der Waals surface area contributed by atoms with E-state index in [4.69, 9.17) is 10.5 Å². The van der Waals surface area contributed by atoms with Gasteiger partial charge in [0.1, 0.15) is 11.4 Å². The summed E-state index contributed by atoms with van der Waals surface area (Å²) in [6.07, 6.45) is 0.808. The van der Waals surface area contributed by atoms with Crippen molar-refractivity contribution in [2.24, 2.45) is 0 Å². The molecule has 1 aromatic rings. The van der Waals surface area contributed by atoms with Crippen LogP contribution in [0.5, 0.6) is 0 Å². The Morgan fingerprint density at radius 3 is 2.44 bits per heavy atom. The first-order chi connectivity index (χ1) is 7.42. The zero-order chi connectivity index (χ0) is 12.3. The molecule has 5 heteroatoms. The molecule has 0 atom stereocenters. The Morgan fingerprint density at radius 2 is 1.94 bits per heavy atom. The van der Waals surface area contributed by atoms with E-state index < -0.39 is 5.60 Å². The number of hydrogen-bond donors (Lipinski definition) is 1. The topological polar surface area (TPSA) is 61.0 Å². The van der Waals surface area contributed by atoms with Crippen LogP contribution in [-0.2, 0) is 16.8 Å². The molecule has 0 unspecified atom stereocenters. The van der Waals surface area contributed by atoms with E-state index >= 15 is 0 Å². The van der Waals surface area contributed by atoms with Crippen LogP contribution in [0.3, 0.4) is 0 Å². The number of aromatic nitrogens is 2. The highest BCUT2D eigenvalue weighted by Gasteiger charge is 2.26. The van der Waals surface area contributed by atoms with Crippen molar-refractivity contribution in [1.82, 2.24) is 9.97 Å². The lowest BCUT2D eigenvalue weighted by atomic mass is 10.1. The molecule has 0 saturated heterocycles. The minimum Gasteiger partial charge on any atom is -0.383 e. The number of nitrogens with two attached hydrogens (primary N) is 1. The van der Waals surface area contributed by atoms with Crippen molar-refractivity contribution >= 4 is 21.7 Å². The van der Waals surface area contributed by atoms with Crippen LogP contribution in [0.15, 0.2) is 4.47 Å². The molecule has 1 rings (SSSR count). The lowest BCUT2D eigenvalue weighted by molar-refractivity contribution is -0.0208. The van der Waals surface area contributed by atoms with Gasteiger partial charge >= 0.3 is 0 Å². The maximum absolute atomic E-state index is 5.84. The Kier molecular flexibility index (Phi) is 4.27. The summed E-state index contributed by atoms with van der Waals surface area (Å²) < 4.78 is 6.40. The first-order valence-corrected chi connectivity index (χ1v) is 6.18. The summed E-state index contributed by atoms with van der Waals surface area (Å²) in [4.78, 5) is 8.75. The normalized spacial score (nSPS) is 11.8. The maximum atomic E-state index is 5.84. The van der Waals surface area contributed by atoms with Gasteiger partial charge in [0.05, 0.1) is 10.2 Å². The molecule has 1 aromatic heterocycles. The van der Waals surface area contributed by atoms with Crippen molar-refractivity contribution in [2.75, 3.05) is 12.3 Å². The number of aryl methyl sites for hydroxylation is 1. The van der Waals surface area contributed by atoms with E-state index in [1.807, 2.05) is 27.7 Å². The summed E-state index contributed by atoms with van der Waals surface area (Å²) in [5.41, 5.74) is 6.24. The van der Waals surface area contributed by atoms with Crippen LogP contribution >= 0.6 is 15.9 Å². The van der Waals surface area contributed by atoms with Crippen LogP contribution in [0, 0.1) is 0 Å². The summed E-state index contributed by atoms with van der Waals surface area (Å²) in [7, 11) is 0. The fourth-order valence-corrected chi connectivity index (χ4v) is 1.90. The quantitative estimate of drug-likeness (QED) is 0.925. The van der Waals surface area contributed by atoms with E-state index in [1.165, 1.54) is 0 Å². The van der Waals surface area contributed by atoms with E-state index in [9.17, 15) is 0 Å². The lowest BCUT2D eigenvalue weighted by Crippen LogP contribution is -2.26. The molecule has 0 aliphatic heterocycles. The van der Waals surface area contributed by atoms with Gasteiger partial charge < -0.3 is 10.5 Å². The molecule has 90 valence electrons. The molecule has 16 heavy (non-hydrogen) atoms. The zero-order valence-corrected chi connectivity index (χ0v) is 11.8. The molecular formula is C11H18BrN3O. The fourth-order valence-electron chi connectivity index (χ4n) is 1.44. The van der Waals surface area contributed by atoms with Gasteiger partial charge in [0, 0.05) is 6.61 Å². The Morgan fingerprint density at radius 1 is 1.31 bits per heavy atom. The van der Waals surface area contributed by atoms with Gasteiger partial charge in [0.25, 0.3) is 0 Å². The van der Waals surface area contributed by atoms with Crippen LogP contribution in [0.2, 0.25) is 0 Å². The fraction of sp³-hybridized carbons (Fsp3) is 0.636. The van der Waals surface area contributed by atoms with E-state index in [0.29, 0.717) is 18.2 Å². The van der Waals surface area contributed by atoms with Gasteiger partial charge in [-0.15, -0.1) is 0 Å². The molecule has 0 amide bonds. The molecule has 0 aliphatic carbocycles. The molecule has 4 nitrogen and oxygen atoms in total. The third kappa shape index (κ3) is 2.71. The van der Waals surface area contributed by atoms with Crippen LogP contribution in [-0.4, -0.2) is 16.6 Å². The molecule has 0 bridgehead atoms. The number of rotatable bonds is 4. The van der Waals surface area contributed by atoms with Crippen molar-refractivity contribution in [3.8, 4) is 0 Å². The van der Waals surface area contributed by atoms with Crippen LogP contribution in [0.25, 0.3) is 0 Å². The Bertz CT molecular complexity index is 380. The molecule has 0 radical (unpaired) electrons. The second-order valence-corrected chi connectivity index (χ2v) is 4.78. The summed E-state index contributed by atoms with van der Waals surface area (Å²) in [5, 5.41) is 0. The summed E-state index contributed by atoms with van der Waals surface area (Å²) in [6.45, 7) is 8.49. The van der Waals surface area contributed by atoms with E-state index in [0.717, 1.165) is 16.6 Å². The molecule has 1 heterocycles. The maximum Gasteiger partial charge on any atom is 0.162 e. The Hall–Kier alpha value is -0.680. The summed E-state index contributed by atoms with van der Waals surface area (Å²) >= 11 is 3.39. The van der Waals surface area contributed by atoms with Gasteiger partial charge in [-0.1, -0.05) is 6.92 Å². The molecule has 0 aliphatic rings. The zero-order valence-electron chi connectivity index (χ0n) is 10.2. The average Bonchev–Trinajstić information content (AvgIpc) is 2.21. The second-order valence-electron chi connectivity index (χ2n) is 3.99. The van der Waals surface area contributed by atoms with Crippen molar-refractivity contribution in [1.29, 1.82) is 0 Å². The first-order valence-electron chi connectivity index (χ1n) is 5.38. The standard InChI is InChI=1S/C11H18BrN3O/c1-5-7-8(12)9(13)15-10(14-7)11(3,4)16-6-2/h5-6H2,1-4H3,(H2,13,14,15). The highest BCUT2D eigenvalue weighted by molar-refractivity contribution is 9.10. The third-order valence-corrected chi connectivity index (χ3v) is 3.19. The van der Waals surface area contributed by atoms with E-state index in [2.05, 4.69) is 25.9 Å². The van der Waals surface area contributed by atoms with Crippen LogP contribution < -0.4 is 5.73 Å². The van der Waals surface area contributed by atoms with Crippen LogP contribution in [0.1, 0.15) is 39.2 Å². The van der Waals surface area contributed by atoms with Crippen LogP contribution in [0.4, 0.5) is 5.82 Å². The number of ether oxygens (including phenoxy) is 1. The predicted molar refractivity (Wildman–Crippen MR) is 68.2 cm³/mol. The second kappa shape index (κ2) is 5.10. The third-order valence-electron chi connectivity index (χ3n) is 2.32. The van der Waals surface area contributed by atoms with E-state index in [1.54, 1.807) is 0 Å².